The quantitative estimate of drug-likeness (QED) is 0.845. The third-order valence-corrected chi connectivity index (χ3v) is 3.46. The molecule has 2 aromatic carbocycles. The fourth-order valence-corrected chi connectivity index (χ4v) is 2.36. The van der Waals surface area contributed by atoms with Crippen LogP contribution in [0.15, 0.2) is 42.5 Å². The molecule has 0 radical (unpaired) electrons. The van der Waals surface area contributed by atoms with Gasteiger partial charge in [-0.2, -0.15) is 0 Å². The molecule has 0 saturated carbocycles. The van der Waals surface area contributed by atoms with Crippen LogP contribution in [0.25, 0.3) is 0 Å². The van der Waals surface area contributed by atoms with Crippen LogP contribution in [-0.2, 0) is 6.42 Å². The molecule has 0 aliphatic heterocycles. The number of rotatable bonds is 7. The molecule has 0 aliphatic rings. The second kappa shape index (κ2) is 7.59. The Labute approximate surface area is 132 Å². The number of nitrogens with one attached hydrogen (secondary N) is 1. The van der Waals surface area contributed by atoms with Gasteiger partial charge in [0.15, 0.2) is 0 Å². The van der Waals surface area contributed by atoms with Crippen molar-refractivity contribution in [1.29, 1.82) is 0 Å². The van der Waals surface area contributed by atoms with Crippen LogP contribution in [0.4, 0.5) is 5.69 Å². The summed E-state index contributed by atoms with van der Waals surface area (Å²) in [5.41, 5.74) is 2.24. The summed E-state index contributed by atoms with van der Waals surface area (Å²) in [6, 6.07) is 14.2. The molecule has 22 heavy (non-hydrogen) atoms. The first-order valence-electron chi connectivity index (χ1n) is 7.27. The van der Waals surface area contributed by atoms with E-state index in [2.05, 4.69) is 12.2 Å². The highest BCUT2D eigenvalue weighted by Crippen LogP contribution is 2.24. The monoisotopic (exact) mass is 301 g/mol. The molecule has 4 nitrogen and oxygen atoms in total. The van der Waals surface area contributed by atoms with Crippen LogP contribution < -0.4 is 19.5 Å². The maximum absolute atomic E-state index is 5.31. The lowest BCUT2D eigenvalue weighted by Crippen LogP contribution is -2.18. The number of benzene rings is 2. The van der Waals surface area contributed by atoms with Crippen LogP contribution in [0.3, 0.4) is 0 Å². The van der Waals surface area contributed by atoms with E-state index in [9.17, 15) is 0 Å². The van der Waals surface area contributed by atoms with Gasteiger partial charge in [0.05, 0.1) is 21.3 Å². The van der Waals surface area contributed by atoms with Crippen LogP contribution >= 0.6 is 0 Å². The maximum Gasteiger partial charge on any atom is 0.122 e. The van der Waals surface area contributed by atoms with Crippen molar-refractivity contribution in [3.8, 4) is 17.2 Å². The van der Waals surface area contributed by atoms with E-state index in [0.717, 1.165) is 29.4 Å². The van der Waals surface area contributed by atoms with Gasteiger partial charge in [-0.05, 0) is 55.3 Å². The van der Waals surface area contributed by atoms with E-state index in [4.69, 9.17) is 14.2 Å². The van der Waals surface area contributed by atoms with Crippen molar-refractivity contribution in [2.75, 3.05) is 26.6 Å². The first kappa shape index (κ1) is 16.0. The Hall–Kier alpha value is -2.36. The second-order valence-corrected chi connectivity index (χ2v) is 5.20. The minimum atomic E-state index is 0.283. The lowest BCUT2D eigenvalue weighted by molar-refractivity contribution is 0.393. The molecular formula is C18H23NO3. The fourth-order valence-electron chi connectivity index (χ4n) is 2.36. The van der Waals surface area contributed by atoms with Crippen LogP contribution in [0.1, 0.15) is 12.5 Å². The molecule has 0 heterocycles. The van der Waals surface area contributed by atoms with Gasteiger partial charge in [0.25, 0.3) is 0 Å². The van der Waals surface area contributed by atoms with Crippen molar-refractivity contribution < 1.29 is 14.2 Å². The summed E-state index contributed by atoms with van der Waals surface area (Å²) in [5, 5.41) is 3.48. The van der Waals surface area contributed by atoms with Gasteiger partial charge in [-0.25, -0.2) is 0 Å². The summed E-state index contributed by atoms with van der Waals surface area (Å²) < 4.78 is 15.8. The van der Waals surface area contributed by atoms with Crippen LogP contribution in [-0.4, -0.2) is 27.4 Å². The Bertz CT molecular complexity index is 574. The van der Waals surface area contributed by atoms with Gasteiger partial charge in [0.1, 0.15) is 17.2 Å². The molecular weight excluding hydrogens is 278 g/mol. The molecule has 0 aliphatic carbocycles. The molecule has 1 N–H and O–H groups in total. The lowest BCUT2D eigenvalue weighted by atomic mass is 10.1. The number of hydrogen-bond acceptors (Lipinski definition) is 4. The molecule has 4 heteroatoms. The zero-order valence-corrected chi connectivity index (χ0v) is 13.6. The topological polar surface area (TPSA) is 39.7 Å². The highest BCUT2D eigenvalue weighted by molar-refractivity contribution is 5.47. The zero-order valence-electron chi connectivity index (χ0n) is 13.6. The van der Waals surface area contributed by atoms with Gasteiger partial charge in [-0.1, -0.05) is 0 Å². The molecule has 1 atom stereocenters. The van der Waals surface area contributed by atoms with Crippen molar-refractivity contribution >= 4 is 5.69 Å². The van der Waals surface area contributed by atoms with Gasteiger partial charge in [0.2, 0.25) is 0 Å². The predicted octanol–water partition coefficient (Wildman–Crippen LogP) is 3.76. The van der Waals surface area contributed by atoms with E-state index in [1.165, 1.54) is 5.56 Å². The third kappa shape index (κ3) is 4.32. The highest BCUT2D eigenvalue weighted by atomic mass is 16.5. The molecule has 0 aromatic heterocycles. The zero-order chi connectivity index (χ0) is 15.9. The van der Waals surface area contributed by atoms with Gasteiger partial charge in [0, 0.05) is 17.8 Å². The SMILES string of the molecule is COc1ccc(NC(C)Cc2cc(OC)cc(OC)c2)cc1. The van der Waals surface area contributed by atoms with Crippen molar-refractivity contribution in [3.63, 3.8) is 0 Å². The van der Waals surface area contributed by atoms with Crippen molar-refractivity contribution in [1.82, 2.24) is 0 Å². The number of anilines is 1. The molecule has 0 fully saturated rings. The molecule has 0 bridgehead atoms. The fraction of sp³-hybridized carbons (Fsp3) is 0.333. The number of methoxy groups -OCH3 is 3. The summed E-state index contributed by atoms with van der Waals surface area (Å²) in [5.74, 6) is 2.48. The van der Waals surface area contributed by atoms with Crippen molar-refractivity contribution in [3.05, 3.63) is 48.0 Å². The van der Waals surface area contributed by atoms with Gasteiger partial charge >= 0.3 is 0 Å². The first-order valence-corrected chi connectivity index (χ1v) is 7.27. The van der Waals surface area contributed by atoms with Crippen LogP contribution in [0.5, 0.6) is 17.2 Å². The Morgan fingerprint density at radius 1 is 0.818 bits per heavy atom. The standard InChI is InChI=1S/C18H23NO3/c1-13(19-15-5-7-16(20-2)8-6-15)9-14-10-17(21-3)12-18(11-14)22-4/h5-8,10-13,19H,9H2,1-4H3. The number of hydrogen-bond donors (Lipinski definition) is 1. The Balaban J connectivity index is 2.02. The molecule has 0 spiro atoms. The number of ether oxygens (including phenoxy) is 3. The van der Waals surface area contributed by atoms with Gasteiger partial charge in [-0.15, -0.1) is 0 Å². The molecule has 2 aromatic rings. The molecule has 1 unspecified atom stereocenters. The van der Waals surface area contributed by atoms with Crippen LogP contribution in [0.2, 0.25) is 0 Å². The van der Waals surface area contributed by atoms with Crippen molar-refractivity contribution in [2.24, 2.45) is 0 Å². The summed E-state index contributed by atoms with van der Waals surface area (Å²) >= 11 is 0. The van der Waals surface area contributed by atoms with E-state index < -0.39 is 0 Å². The van der Waals surface area contributed by atoms with Gasteiger partial charge in [-0.3, -0.25) is 0 Å². The highest BCUT2D eigenvalue weighted by Gasteiger charge is 2.07. The van der Waals surface area contributed by atoms with Crippen LogP contribution in [0, 0.1) is 0 Å². The van der Waals surface area contributed by atoms with E-state index in [1.54, 1.807) is 21.3 Å². The van der Waals surface area contributed by atoms with E-state index in [0.29, 0.717) is 0 Å². The van der Waals surface area contributed by atoms with E-state index in [-0.39, 0.29) is 6.04 Å². The normalized spacial score (nSPS) is 11.6. The Morgan fingerprint density at radius 2 is 1.36 bits per heavy atom. The second-order valence-electron chi connectivity index (χ2n) is 5.20. The maximum atomic E-state index is 5.31. The van der Waals surface area contributed by atoms with E-state index in [1.807, 2.05) is 42.5 Å². The minimum absolute atomic E-state index is 0.283. The van der Waals surface area contributed by atoms with Crippen molar-refractivity contribution in [2.45, 2.75) is 19.4 Å². The van der Waals surface area contributed by atoms with Gasteiger partial charge < -0.3 is 19.5 Å². The Morgan fingerprint density at radius 3 is 1.86 bits per heavy atom. The largest absolute Gasteiger partial charge is 0.497 e. The summed E-state index contributed by atoms with van der Waals surface area (Å²) in [4.78, 5) is 0. The smallest absolute Gasteiger partial charge is 0.122 e. The lowest BCUT2D eigenvalue weighted by Gasteiger charge is -2.17. The minimum Gasteiger partial charge on any atom is -0.497 e. The summed E-state index contributed by atoms with van der Waals surface area (Å²) in [6.07, 6.45) is 0.875. The molecule has 118 valence electrons. The molecule has 2 rings (SSSR count). The summed E-state index contributed by atoms with van der Waals surface area (Å²) in [7, 11) is 5.00. The first-order chi connectivity index (χ1) is 10.6. The van der Waals surface area contributed by atoms with E-state index >= 15 is 0 Å². The average Bonchev–Trinajstić information content (AvgIpc) is 2.55. The molecule has 0 saturated heterocycles. The Kier molecular flexibility index (Phi) is 5.53. The molecule has 0 amide bonds. The summed E-state index contributed by atoms with van der Waals surface area (Å²) in [6.45, 7) is 2.15. The average molecular weight is 301 g/mol. The predicted molar refractivity (Wildman–Crippen MR) is 89.3 cm³/mol. The third-order valence-electron chi connectivity index (χ3n) is 3.46.